The van der Waals surface area contributed by atoms with Crippen LogP contribution in [0.1, 0.15) is 21.5 Å². The molecular weight excluding hydrogens is 380 g/mol. The van der Waals surface area contributed by atoms with Crippen molar-refractivity contribution in [3.05, 3.63) is 89.8 Å². The van der Waals surface area contributed by atoms with Gasteiger partial charge in [0, 0.05) is 29.4 Å². The SMILES string of the molecule is COc1cccc(C(=O)c2c[nH]c3nccc(-c4cccc(C=CC(=O)O)c4)c23)c1. The minimum Gasteiger partial charge on any atom is -0.497 e. The number of aromatic nitrogens is 2. The van der Waals surface area contributed by atoms with Crippen LogP contribution in [-0.4, -0.2) is 33.9 Å². The molecule has 2 aromatic heterocycles. The van der Waals surface area contributed by atoms with Gasteiger partial charge in [0.2, 0.25) is 0 Å². The van der Waals surface area contributed by atoms with Crippen LogP contribution in [0.25, 0.3) is 28.2 Å². The largest absolute Gasteiger partial charge is 0.497 e. The van der Waals surface area contributed by atoms with Gasteiger partial charge in [-0.15, -0.1) is 0 Å². The first-order valence-electron chi connectivity index (χ1n) is 9.23. The molecule has 0 saturated carbocycles. The maximum absolute atomic E-state index is 13.2. The minimum atomic E-state index is -1.01. The molecule has 0 bridgehead atoms. The zero-order valence-electron chi connectivity index (χ0n) is 16.1. The number of carboxylic acid groups (broad SMARTS) is 1. The van der Waals surface area contributed by atoms with E-state index in [9.17, 15) is 9.59 Å². The molecule has 148 valence electrons. The number of benzene rings is 2. The van der Waals surface area contributed by atoms with Crippen LogP contribution < -0.4 is 4.74 Å². The molecule has 0 fully saturated rings. The summed E-state index contributed by atoms with van der Waals surface area (Å²) in [4.78, 5) is 31.5. The van der Waals surface area contributed by atoms with Crippen molar-refractivity contribution in [3.63, 3.8) is 0 Å². The molecule has 2 heterocycles. The highest BCUT2D eigenvalue weighted by atomic mass is 16.5. The fourth-order valence-corrected chi connectivity index (χ4v) is 3.37. The van der Waals surface area contributed by atoms with E-state index >= 15 is 0 Å². The summed E-state index contributed by atoms with van der Waals surface area (Å²) in [7, 11) is 1.56. The van der Waals surface area contributed by atoms with E-state index in [0.717, 1.165) is 22.8 Å². The van der Waals surface area contributed by atoms with Crippen molar-refractivity contribution >= 4 is 28.9 Å². The summed E-state index contributed by atoms with van der Waals surface area (Å²) in [5.41, 5.74) is 4.06. The Morgan fingerprint density at radius 2 is 1.93 bits per heavy atom. The number of pyridine rings is 1. The quantitative estimate of drug-likeness (QED) is 0.367. The van der Waals surface area contributed by atoms with Crippen molar-refractivity contribution in [2.24, 2.45) is 0 Å². The lowest BCUT2D eigenvalue weighted by Gasteiger charge is -2.08. The lowest BCUT2D eigenvalue weighted by atomic mass is 9.96. The molecule has 0 radical (unpaired) electrons. The monoisotopic (exact) mass is 398 g/mol. The van der Waals surface area contributed by atoms with Gasteiger partial charge in [-0.1, -0.05) is 30.3 Å². The molecule has 0 spiro atoms. The van der Waals surface area contributed by atoms with Gasteiger partial charge < -0.3 is 14.8 Å². The Morgan fingerprint density at radius 3 is 2.73 bits per heavy atom. The third kappa shape index (κ3) is 3.71. The van der Waals surface area contributed by atoms with Crippen molar-refractivity contribution in [1.29, 1.82) is 0 Å². The highest BCUT2D eigenvalue weighted by Gasteiger charge is 2.18. The average Bonchev–Trinajstić information content (AvgIpc) is 3.21. The number of nitrogens with one attached hydrogen (secondary N) is 1. The summed E-state index contributed by atoms with van der Waals surface area (Å²) in [6.45, 7) is 0. The number of aliphatic carboxylic acids is 1. The lowest BCUT2D eigenvalue weighted by molar-refractivity contribution is -0.131. The molecule has 0 aliphatic carbocycles. The highest BCUT2D eigenvalue weighted by Crippen LogP contribution is 2.32. The Bertz CT molecular complexity index is 1290. The molecular formula is C24H18N2O4. The summed E-state index contributed by atoms with van der Waals surface area (Å²) in [6.07, 6.45) is 5.96. The lowest BCUT2D eigenvalue weighted by Crippen LogP contribution is -2.01. The van der Waals surface area contributed by atoms with Gasteiger partial charge in [-0.2, -0.15) is 0 Å². The van der Waals surface area contributed by atoms with Gasteiger partial charge in [0.1, 0.15) is 11.4 Å². The van der Waals surface area contributed by atoms with E-state index in [4.69, 9.17) is 9.84 Å². The number of ketones is 1. The summed E-state index contributed by atoms with van der Waals surface area (Å²) in [5, 5.41) is 9.58. The van der Waals surface area contributed by atoms with Gasteiger partial charge in [0.15, 0.2) is 5.78 Å². The number of rotatable bonds is 6. The number of carbonyl (C=O) groups excluding carboxylic acids is 1. The van der Waals surface area contributed by atoms with Gasteiger partial charge in [-0.3, -0.25) is 4.79 Å². The van der Waals surface area contributed by atoms with Gasteiger partial charge in [0.05, 0.1) is 12.7 Å². The van der Waals surface area contributed by atoms with Gasteiger partial charge >= 0.3 is 5.97 Å². The average molecular weight is 398 g/mol. The van der Waals surface area contributed by atoms with Crippen molar-refractivity contribution in [2.75, 3.05) is 7.11 Å². The van der Waals surface area contributed by atoms with Crippen LogP contribution >= 0.6 is 0 Å². The van der Waals surface area contributed by atoms with Crippen LogP contribution in [0.4, 0.5) is 0 Å². The first kappa shape index (κ1) is 19.1. The zero-order chi connectivity index (χ0) is 21.1. The molecule has 0 amide bonds. The van der Waals surface area contributed by atoms with Crippen LogP contribution in [0.2, 0.25) is 0 Å². The number of nitrogens with zero attached hydrogens (tertiary/aromatic N) is 1. The number of carboxylic acids is 1. The molecule has 2 aromatic carbocycles. The molecule has 0 aliphatic heterocycles. The number of ether oxygens (including phenoxy) is 1. The Labute approximate surface area is 172 Å². The first-order chi connectivity index (χ1) is 14.6. The van der Waals surface area contributed by atoms with Gasteiger partial charge in [0.25, 0.3) is 0 Å². The topological polar surface area (TPSA) is 92.3 Å². The predicted octanol–water partition coefficient (Wildman–Crippen LogP) is 4.57. The zero-order valence-corrected chi connectivity index (χ0v) is 16.1. The minimum absolute atomic E-state index is 0.142. The van der Waals surface area contributed by atoms with Crippen molar-refractivity contribution in [2.45, 2.75) is 0 Å². The molecule has 0 saturated heterocycles. The summed E-state index contributed by atoms with van der Waals surface area (Å²) in [6, 6.07) is 16.3. The number of methoxy groups -OCH3 is 1. The Hall–Kier alpha value is -4.19. The third-order valence-corrected chi connectivity index (χ3v) is 4.77. The third-order valence-electron chi connectivity index (χ3n) is 4.77. The van der Waals surface area contributed by atoms with Gasteiger partial charge in [-0.05, 0) is 47.0 Å². The maximum Gasteiger partial charge on any atom is 0.328 e. The smallest absolute Gasteiger partial charge is 0.328 e. The van der Waals surface area contributed by atoms with Crippen LogP contribution in [0.3, 0.4) is 0 Å². The van der Waals surface area contributed by atoms with E-state index in [0.29, 0.717) is 27.9 Å². The normalized spacial score (nSPS) is 11.1. The van der Waals surface area contributed by atoms with Crippen LogP contribution in [0.5, 0.6) is 5.75 Å². The summed E-state index contributed by atoms with van der Waals surface area (Å²) in [5.74, 6) is -0.545. The molecule has 4 aromatic rings. The number of fused-ring (bicyclic) bond motifs is 1. The molecule has 2 N–H and O–H groups in total. The van der Waals surface area contributed by atoms with Crippen molar-refractivity contribution in [1.82, 2.24) is 9.97 Å². The predicted molar refractivity (Wildman–Crippen MR) is 115 cm³/mol. The van der Waals surface area contributed by atoms with E-state index in [2.05, 4.69) is 9.97 Å². The molecule has 6 nitrogen and oxygen atoms in total. The Morgan fingerprint density at radius 1 is 1.10 bits per heavy atom. The number of carbonyl (C=O) groups is 2. The van der Waals surface area contributed by atoms with Crippen LogP contribution in [-0.2, 0) is 4.79 Å². The van der Waals surface area contributed by atoms with Crippen molar-refractivity contribution < 1.29 is 19.4 Å². The summed E-state index contributed by atoms with van der Waals surface area (Å²) < 4.78 is 5.24. The molecule has 30 heavy (non-hydrogen) atoms. The number of hydrogen-bond acceptors (Lipinski definition) is 4. The summed E-state index contributed by atoms with van der Waals surface area (Å²) >= 11 is 0. The van der Waals surface area contributed by atoms with Gasteiger partial charge in [-0.25, -0.2) is 9.78 Å². The maximum atomic E-state index is 13.2. The van der Waals surface area contributed by atoms with E-state index in [-0.39, 0.29) is 5.78 Å². The highest BCUT2D eigenvalue weighted by molar-refractivity contribution is 6.18. The fourth-order valence-electron chi connectivity index (χ4n) is 3.37. The number of H-pyrrole nitrogens is 1. The van der Waals surface area contributed by atoms with Crippen LogP contribution in [0, 0.1) is 0 Å². The standard InChI is InChI=1S/C24H18N2O4/c1-30-18-7-3-6-17(13-18)23(29)20-14-26-24-22(20)19(10-11-25-24)16-5-2-4-15(12-16)8-9-21(27)28/h2-14H,1H3,(H,25,26)(H,27,28). The molecule has 0 aliphatic rings. The second-order valence-electron chi connectivity index (χ2n) is 6.64. The van der Waals surface area contributed by atoms with Crippen molar-refractivity contribution in [3.8, 4) is 16.9 Å². The molecule has 0 atom stereocenters. The van der Waals surface area contributed by atoms with E-state index < -0.39 is 5.97 Å². The second-order valence-corrected chi connectivity index (χ2v) is 6.64. The fraction of sp³-hybridized carbons (Fsp3) is 0.0417. The first-order valence-corrected chi connectivity index (χ1v) is 9.23. The van der Waals surface area contributed by atoms with E-state index in [1.54, 1.807) is 43.8 Å². The second kappa shape index (κ2) is 8.05. The molecule has 0 unspecified atom stereocenters. The number of hydrogen-bond donors (Lipinski definition) is 2. The van der Waals surface area contributed by atoms with E-state index in [1.165, 1.54) is 6.08 Å². The molecule has 6 heteroatoms. The van der Waals surface area contributed by atoms with Crippen LogP contribution in [0.15, 0.2) is 73.1 Å². The number of aromatic amines is 1. The molecule has 4 rings (SSSR count). The Balaban J connectivity index is 1.83. The van der Waals surface area contributed by atoms with E-state index in [1.807, 2.05) is 30.3 Å². The Kier molecular flexibility index (Phi) is 5.13.